The second kappa shape index (κ2) is 8.63. The van der Waals surface area contributed by atoms with Gasteiger partial charge >= 0.3 is 0 Å². The van der Waals surface area contributed by atoms with Gasteiger partial charge in [-0.25, -0.2) is 0 Å². The molecule has 0 radical (unpaired) electrons. The highest BCUT2D eigenvalue weighted by Crippen LogP contribution is 2.32. The number of nitrogens with one attached hydrogen (secondary N) is 2. The number of fused-ring (bicyclic) bond motifs is 1. The Morgan fingerprint density at radius 2 is 2.07 bits per heavy atom. The number of hydrogen-bond acceptors (Lipinski definition) is 3. The van der Waals surface area contributed by atoms with Crippen molar-refractivity contribution < 1.29 is 4.79 Å². The van der Waals surface area contributed by atoms with Gasteiger partial charge in [0.2, 0.25) is 5.91 Å². The number of carbonyl (C=O) groups is 1. The minimum absolute atomic E-state index is 0.0744. The number of hydrogen-bond donors (Lipinski definition) is 3. The van der Waals surface area contributed by atoms with Gasteiger partial charge in [-0.1, -0.05) is 37.3 Å². The Kier molecular flexibility index (Phi) is 6.44. The van der Waals surface area contributed by atoms with Gasteiger partial charge in [0.25, 0.3) is 0 Å². The first-order valence-electron chi connectivity index (χ1n) is 9.44. The molecule has 7 heteroatoms. The number of para-hydroxylation sites is 1. The molecule has 2 aromatic rings. The Morgan fingerprint density at radius 1 is 1.33 bits per heavy atom. The Hall–Kier alpha value is -1.57. The van der Waals surface area contributed by atoms with Crippen LogP contribution in [0.3, 0.4) is 0 Å². The first kappa shape index (κ1) is 20.2. The smallest absolute Gasteiger partial charge is 0.234 e. The van der Waals surface area contributed by atoms with Crippen LogP contribution in [0, 0.1) is 0 Å². The van der Waals surface area contributed by atoms with Crippen LogP contribution >= 0.6 is 24.8 Å². The van der Waals surface area contributed by atoms with Gasteiger partial charge in [0, 0.05) is 54.7 Å². The molecule has 1 saturated heterocycles. The molecule has 1 amide bonds. The van der Waals surface area contributed by atoms with E-state index in [1.54, 1.807) is 0 Å². The number of thiocarbonyl (C=S) groups is 1. The highest BCUT2D eigenvalue weighted by atomic mass is 32.1. The second-order valence-electron chi connectivity index (χ2n) is 7.58. The van der Waals surface area contributed by atoms with Gasteiger partial charge in [0.1, 0.15) is 4.32 Å². The van der Waals surface area contributed by atoms with E-state index in [2.05, 4.69) is 64.0 Å². The Labute approximate surface area is 171 Å². The van der Waals surface area contributed by atoms with Gasteiger partial charge in [0.05, 0.1) is 6.54 Å². The zero-order chi connectivity index (χ0) is 19.6. The lowest BCUT2D eigenvalue weighted by Gasteiger charge is -2.44. The van der Waals surface area contributed by atoms with E-state index in [0.29, 0.717) is 10.9 Å². The Bertz CT molecular complexity index is 819. The minimum atomic E-state index is 0.0744. The normalized spacial score (nSPS) is 19.4. The fraction of sp³-hybridized carbons (Fsp3) is 0.500. The first-order chi connectivity index (χ1) is 12.9. The number of piperazine rings is 1. The molecule has 2 unspecified atom stereocenters. The Balaban J connectivity index is 1.80. The summed E-state index contributed by atoms with van der Waals surface area (Å²) in [6.45, 7) is 9.00. The quantitative estimate of drug-likeness (QED) is 0.530. The predicted molar refractivity (Wildman–Crippen MR) is 119 cm³/mol. The third-order valence-corrected chi connectivity index (χ3v) is 5.75. The van der Waals surface area contributed by atoms with Gasteiger partial charge in [-0.3, -0.25) is 9.69 Å². The monoisotopic (exact) mass is 404 g/mol. The molecule has 2 heterocycles. The second-order valence-corrected chi connectivity index (χ2v) is 8.69. The molecule has 0 bridgehead atoms. The molecule has 1 fully saturated rings. The summed E-state index contributed by atoms with van der Waals surface area (Å²) in [5.41, 5.74) is 2.42. The molecule has 0 spiro atoms. The lowest BCUT2D eigenvalue weighted by molar-refractivity contribution is -0.123. The van der Waals surface area contributed by atoms with E-state index in [-0.39, 0.29) is 23.9 Å². The van der Waals surface area contributed by atoms with Crippen LogP contribution in [0.25, 0.3) is 10.9 Å². The van der Waals surface area contributed by atoms with Gasteiger partial charge < -0.3 is 15.2 Å². The van der Waals surface area contributed by atoms with E-state index in [1.807, 2.05) is 19.9 Å². The lowest BCUT2D eigenvalue weighted by atomic mass is 9.90. The standard InChI is InChI=1S/C20H28N4OS2/c1-13(2)22-19(25)12-23-8-9-24(20(26)27)18(11-23)14(3)16-10-21-17-7-5-4-6-15(16)17/h4-7,10,13-14,18,21H,8-9,11-12H2,1-3H3,(H,22,25)(H,26,27). The summed E-state index contributed by atoms with van der Waals surface area (Å²) in [5, 5.41) is 4.22. The summed E-state index contributed by atoms with van der Waals surface area (Å²) in [6, 6.07) is 8.68. The zero-order valence-corrected chi connectivity index (χ0v) is 17.8. The van der Waals surface area contributed by atoms with Crippen LogP contribution in [0.4, 0.5) is 0 Å². The van der Waals surface area contributed by atoms with Crippen LogP contribution in [0.15, 0.2) is 30.5 Å². The predicted octanol–water partition coefficient (Wildman–Crippen LogP) is 3.00. The maximum Gasteiger partial charge on any atom is 0.234 e. The Morgan fingerprint density at radius 3 is 2.78 bits per heavy atom. The fourth-order valence-corrected chi connectivity index (χ4v) is 4.40. The van der Waals surface area contributed by atoms with Crippen molar-refractivity contribution in [3.8, 4) is 0 Å². The van der Waals surface area contributed by atoms with Crippen molar-refractivity contribution in [3.05, 3.63) is 36.0 Å². The number of aromatic nitrogens is 1. The average Bonchev–Trinajstić information content (AvgIpc) is 3.04. The molecule has 2 atom stereocenters. The van der Waals surface area contributed by atoms with Crippen molar-refractivity contribution in [3.63, 3.8) is 0 Å². The molecule has 1 aliphatic rings. The van der Waals surface area contributed by atoms with Crippen molar-refractivity contribution in [1.82, 2.24) is 20.1 Å². The van der Waals surface area contributed by atoms with Crippen LogP contribution < -0.4 is 5.32 Å². The van der Waals surface area contributed by atoms with Gasteiger partial charge in [-0.05, 0) is 25.5 Å². The molecule has 5 nitrogen and oxygen atoms in total. The van der Waals surface area contributed by atoms with Crippen LogP contribution in [0.5, 0.6) is 0 Å². The fourth-order valence-electron chi connectivity index (χ4n) is 3.93. The van der Waals surface area contributed by atoms with E-state index < -0.39 is 0 Å². The molecule has 0 aliphatic carbocycles. The van der Waals surface area contributed by atoms with Gasteiger partial charge in [0.15, 0.2) is 0 Å². The number of amides is 1. The van der Waals surface area contributed by atoms with Crippen molar-refractivity contribution in [1.29, 1.82) is 0 Å². The number of aromatic amines is 1. The van der Waals surface area contributed by atoms with Crippen LogP contribution in [0.1, 0.15) is 32.3 Å². The maximum absolute atomic E-state index is 12.2. The lowest BCUT2D eigenvalue weighted by Crippen LogP contribution is -2.57. The molecule has 1 aromatic heterocycles. The molecular formula is C20H28N4OS2. The number of rotatable bonds is 5. The molecule has 3 rings (SSSR count). The molecule has 1 aromatic carbocycles. The van der Waals surface area contributed by atoms with E-state index in [0.717, 1.165) is 25.2 Å². The summed E-state index contributed by atoms with van der Waals surface area (Å²) >= 11 is 9.87. The van der Waals surface area contributed by atoms with Crippen LogP contribution in [-0.4, -0.2) is 63.3 Å². The average molecular weight is 405 g/mol. The number of benzene rings is 1. The van der Waals surface area contributed by atoms with Gasteiger partial charge in [-0.15, -0.1) is 12.6 Å². The highest BCUT2D eigenvalue weighted by Gasteiger charge is 2.33. The van der Waals surface area contributed by atoms with Gasteiger partial charge in [-0.2, -0.15) is 0 Å². The molecule has 27 heavy (non-hydrogen) atoms. The van der Waals surface area contributed by atoms with Crippen LogP contribution in [-0.2, 0) is 4.79 Å². The summed E-state index contributed by atoms with van der Waals surface area (Å²) in [6.07, 6.45) is 2.10. The molecular weight excluding hydrogens is 376 g/mol. The van der Waals surface area contributed by atoms with Crippen LogP contribution in [0.2, 0.25) is 0 Å². The van der Waals surface area contributed by atoms with E-state index in [9.17, 15) is 4.79 Å². The summed E-state index contributed by atoms with van der Waals surface area (Å²) in [5.74, 6) is 0.326. The van der Waals surface area contributed by atoms with Crippen molar-refractivity contribution in [2.24, 2.45) is 0 Å². The maximum atomic E-state index is 12.2. The molecule has 2 N–H and O–H groups in total. The minimum Gasteiger partial charge on any atom is -0.361 e. The zero-order valence-electron chi connectivity index (χ0n) is 16.1. The summed E-state index contributed by atoms with van der Waals surface area (Å²) in [7, 11) is 0. The molecule has 1 aliphatic heterocycles. The SMILES string of the molecule is CC(C)NC(=O)CN1CCN(C(=S)S)C(C(C)c2c[nH]c3ccccc23)C1. The number of thiol groups is 1. The number of nitrogens with zero attached hydrogens (tertiary/aromatic N) is 2. The third-order valence-electron chi connectivity index (χ3n) is 5.25. The van der Waals surface area contributed by atoms with E-state index >= 15 is 0 Å². The third kappa shape index (κ3) is 4.65. The number of H-pyrrole nitrogens is 1. The van der Waals surface area contributed by atoms with E-state index in [1.165, 1.54) is 10.9 Å². The first-order valence-corrected chi connectivity index (χ1v) is 10.3. The highest BCUT2D eigenvalue weighted by molar-refractivity contribution is 8.10. The summed E-state index contributed by atoms with van der Waals surface area (Å²) in [4.78, 5) is 20.0. The van der Waals surface area contributed by atoms with Crippen molar-refractivity contribution in [2.45, 2.75) is 38.8 Å². The molecule has 146 valence electrons. The summed E-state index contributed by atoms with van der Waals surface area (Å²) < 4.78 is 0.623. The topological polar surface area (TPSA) is 51.4 Å². The van der Waals surface area contributed by atoms with Crippen molar-refractivity contribution >= 4 is 46.0 Å². The van der Waals surface area contributed by atoms with Crippen molar-refractivity contribution in [2.75, 3.05) is 26.2 Å². The number of carbonyl (C=O) groups excluding carboxylic acids is 1. The molecule has 0 saturated carbocycles. The van der Waals surface area contributed by atoms with E-state index in [4.69, 9.17) is 12.2 Å². The largest absolute Gasteiger partial charge is 0.361 e.